The van der Waals surface area contributed by atoms with Gasteiger partial charge in [0.2, 0.25) is 0 Å². The molecule has 0 aliphatic carbocycles. The molecule has 3 unspecified atom stereocenters. The third-order valence-corrected chi connectivity index (χ3v) is 5.88. The van der Waals surface area contributed by atoms with E-state index in [4.69, 9.17) is 0 Å². The van der Waals surface area contributed by atoms with Crippen LogP contribution in [0.25, 0.3) is 0 Å². The molecule has 3 N–H and O–H groups in total. The number of hydrogen-bond donors (Lipinski definition) is 3. The Kier molecular flexibility index (Phi) is 4.69. The Balaban J connectivity index is 1.49. The lowest BCUT2D eigenvalue weighted by Crippen LogP contribution is -2.56. The zero-order valence-corrected chi connectivity index (χ0v) is 14.7. The summed E-state index contributed by atoms with van der Waals surface area (Å²) in [6.07, 6.45) is 2.24. The topological polar surface area (TPSA) is 93.1 Å². The van der Waals surface area contributed by atoms with Gasteiger partial charge in [-0.3, -0.25) is 10.1 Å². The van der Waals surface area contributed by atoms with Crippen molar-refractivity contribution in [3.63, 3.8) is 0 Å². The number of benzene rings is 1. The Labute approximate surface area is 152 Å². The number of carbonyl (C=O) groups excluding carboxylic acids is 2. The molecule has 3 atom stereocenters. The first-order valence-corrected chi connectivity index (χ1v) is 9.33. The van der Waals surface area contributed by atoms with Crippen LogP contribution in [0.1, 0.15) is 41.6 Å². The minimum absolute atomic E-state index is 0.0616. The van der Waals surface area contributed by atoms with Gasteiger partial charge >= 0.3 is 0 Å². The predicted molar refractivity (Wildman–Crippen MR) is 95.5 cm³/mol. The summed E-state index contributed by atoms with van der Waals surface area (Å²) in [5, 5.41) is 22.5. The second-order valence-electron chi connectivity index (χ2n) is 7.51. The summed E-state index contributed by atoms with van der Waals surface area (Å²) >= 11 is 0. The molecule has 2 saturated heterocycles. The second-order valence-corrected chi connectivity index (χ2v) is 7.51. The lowest BCUT2D eigenvalue weighted by Gasteiger charge is -2.37. The summed E-state index contributed by atoms with van der Waals surface area (Å²) in [7, 11) is 0. The van der Waals surface area contributed by atoms with Crippen LogP contribution in [0.2, 0.25) is 0 Å². The summed E-state index contributed by atoms with van der Waals surface area (Å²) in [6.45, 7) is 2.18. The van der Waals surface area contributed by atoms with Gasteiger partial charge in [0.05, 0.1) is 6.04 Å². The molecule has 7 heteroatoms. The first kappa shape index (κ1) is 17.5. The van der Waals surface area contributed by atoms with Gasteiger partial charge < -0.3 is 24.8 Å². The van der Waals surface area contributed by atoms with E-state index in [-0.39, 0.29) is 17.9 Å². The number of aldehydes is 1. The number of anilines is 1. The van der Waals surface area contributed by atoms with E-state index in [1.807, 2.05) is 12.1 Å². The standard InChI is InChI=1S/C19H25N3O4/c23-11-12-5-7-21(8-6-12)14-1-2-15-13(9-14)10-22(19(15)26)16-3-4-17(24)20-18(16)25/h1-2,9,11-12,16-18,20,24-25H,3-8,10H2. The smallest absolute Gasteiger partial charge is 0.254 e. The number of aliphatic hydroxyl groups excluding tert-OH is 2. The van der Waals surface area contributed by atoms with Crippen LogP contribution in [0.3, 0.4) is 0 Å². The molecule has 4 rings (SSSR count). The van der Waals surface area contributed by atoms with Crippen molar-refractivity contribution in [2.45, 2.75) is 50.7 Å². The molecule has 1 amide bonds. The lowest BCUT2D eigenvalue weighted by atomic mass is 9.97. The number of carbonyl (C=O) groups is 2. The normalized spacial score (nSPS) is 29.8. The molecule has 1 aromatic carbocycles. The first-order chi connectivity index (χ1) is 12.6. The van der Waals surface area contributed by atoms with E-state index in [0.29, 0.717) is 24.9 Å². The van der Waals surface area contributed by atoms with E-state index in [1.165, 1.54) is 0 Å². The van der Waals surface area contributed by atoms with Crippen LogP contribution in [0.4, 0.5) is 5.69 Å². The van der Waals surface area contributed by atoms with Gasteiger partial charge in [0, 0.05) is 36.8 Å². The maximum atomic E-state index is 12.8. The summed E-state index contributed by atoms with van der Waals surface area (Å²) < 4.78 is 0. The van der Waals surface area contributed by atoms with Crippen LogP contribution in [-0.2, 0) is 11.3 Å². The summed E-state index contributed by atoms with van der Waals surface area (Å²) in [6, 6.07) is 5.58. The fourth-order valence-electron chi connectivity index (χ4n) is 4.29. The Morgan fingerprint density at radius 1 is 1.12 bits per heavy atom. The average Bonchev–Trinajstić information content (AvgIpc) is 2.98. The molecular weight excluding hydrogens is 334 g/mol. The highest BCUT2D eigenvalue weighted by atomic mass is 16.3. The number of fused-ring (bicyclic) bond motifs is 1. The van der Waals surface area contributed by atoms with Crippen LogP contribution in [-0.4, -0.2) is 58.9 Å². The van der Waals surface area contributed by atoms with Crippen molar-refractivity contribution in [3.05, 3.63) is 29.3 Å². The van der Waals surface area contributed by atoms with Crippen molar-refractivity contribution in [2.75, 3.05) is 18.0 Å². The Morgan fingerprint density at radius 3 is 2.58 bits per heavy atom. The SMILES string of the molecule is O=CC1CCN(c2ccc3c(c2)CN(C2CCC(O)NC2O)C3=O)CC1. The molecule has 7 nitrogen and oxygen atoms in total. The van der Waals surface area contributed by atoms with Gasteiger partial charge in [-0.1, -0.05) is 0 Å². The van der Waals surface area contributed by atoms with Crippen molar-refractivity contribution in [1.82, 2.24) is 10.2 Å². The second kappa shape index (κ2) is 6.98. The van der Waals surface area contributed by atoms with Crippen LogP contribution in [0, 0.1) is 5.92 Å². The van der Waals surface area contributed by atoms with Crippen LogP contribution >= 0.6 is 0 Å². The van der Waals surface area contributed by atoms with Crippen molar-refractivity contribution in [1.29, 1.82) is 0 Å². The molecule has 1 aromatic rings. The third kappa shape index (κ3) is 3.11. The summed E-state index contributed by atoms with van der Waals surface area (Å²) in [5.41, 5.74) is 2.75. The number of piperidine rings is 2. The zero-order chi connectivity index (χ0) is 18.3. The Hall–Kier alpha value is -1.96. The predicted octanol–water partition coefficient (Wildman–Crippen LogP) is 0.447. The van der Waals surface area contributed by atoms with E-state index in [0.717, 1.165) is 43.5 Å². The molecule has 0 spiro atoms. The largest absolute Gasteiger partial charge is 0.379 e. The van der Waals surface area contributed by atoms with Gasteiger partial charge in [-0.25, -0.2) is 0 Å². The molecule has 3 heterocycles. The first-order valence-electron chi connectivity index (χ1n) is 9.33. The van der Waals surface area contributed by atoms with E-state index in [1.54, 1.807) is 4.90 Å². The monoisotopic (exact) mass is 359 g/mol. The maximum absolute atomic E-state index is 12.8. The van der Waals surface area contributed by atoms with E-state index >= 15 is 0 Å². The molecule has 0 bridgehead atoms. The number of amides is 1. The van der Waals surface area contributed by atoms with Gasteiger partial charge in [-0.05, 0) is 49.4 Å². The van der Waals surface area contributed by atoms with Crippen molar-refractivity contribution in [3.8, 4) is 0 Å². The van der Waals surface area contributed by atoms with Crippen molar-refractivity contribution in [2.24, 2.45) is 5.92 Å². The zero-order valence-electron chi connectivity index (χ0n) is 14.7. The van der Waals surface area contributed by atoms with E-state index in [9.17, 15) is 19.8 Å². The minimum Gasteiger partial charge on any atom is -0.379 e. The Bertz CT molecular complexity index is 702. The molecule has 0 aromatic heterocycles. The molecule has 3 aliphatic heterocycles. The van der Waals surface area contributed by atoms with Gasteiger partial charge in [0.15, 0.2) is 0 Å². The molecule has 0 saturated carbocycles. The highest BCUT2D eigenvalue weighted by molar-refractivity contribution is 5.99. The third-order valence-electron chi connectivity index (χ3n) is 5.88. The summed E-state index contributed by atoms with van der Waals surface area (Å²) in [5.74, 6) is 0.0989. The molecule has 0 radical (unpaired) electrons. The number of nitrogens with one attached hydrogen (secondary N) is 1. The van der Waals surface area contributed by atoms with Gasteiger partial charge in [0.1, 0.15) is 18.7 Å². The van der Waals surface area contributed by atoms with Gasteiger partial charge in [-0.15, -0.1) is 0 Å². The molecule has 2 fully saturated rings. The van der Waals surface area contributed by atoms with E-state index < -0.39 is 12.5 Å². The highest BCUT2D eigenvalue weighted by Gasteiger charge is 2.39. The average molecular weight is 359 g/mol. The van der Waals surface area contributed by atoms with Crippen molar-refractivity contribution < 1.29 is 19.8 Å². The van der Waals surface area contributed by atoms with Crippen LogP contribution in [0.5, 0.6) is 0 Å². The van der Waals surface area contributed by atoms with Crippen LogP contribution in [0.15, 0.2) is 18.2 Å². The number of rotatable bonds is 3. The maximum Gasteiger partial charge on any atom is 0.254 e. The number of nitrogens with zero attached hydrogens (tertiary/aromatic N) is 2. The van der Waals surface area contributed by atoms with Gasteiger partial charge in [0.25, 0.3) is 5.91 Å². The van der Waals surface area contributed by atoms with Gasteiger partial charge in [-0.2, -0.15) is 0 Å². The minimum atomic E-state index is -0.918. The fraction of sp³-hybridized carbons (Fsp3) is 0.579. The lowest BCUT2D eigenvalue weighted by molar-refractivity contribution is -0.111. The van der Waals surface area contributed by atoms with Crippen molar-refractivity contribution >= 4 is 17.9 Å². The fourth-order valence-corrected chi connectivity index (χ4v) is 4.29. The highest BCUT2D eigenvalue weighted by Crippen LogP contribution is 2.32. The van der Waals surface area contributed by atoms with E-state index in [2.05, 4.69) is 16.3 Å². The number of hydrogen-bond acceptors (Lipinski definition) is 6. The molecule has 3 aliphatic rings. The molecule has 26 heavy (non-hydrogen) atoms. The molecule has 140 valence electrons. The summed E-state index contributed by atoms with van der Waals surface area (Å²) in [4.78, 5) is 27.7. The quantitative estimate of drug-likeness (QED) is 0.679. The van der Waals surface area contributed by atoms with Crippen LogP contribution < -0.4 is 10.2 Å². The number of aliphatic hydroxyl groups is 2. The Morgan fingerprint density at radius 2 is 1.88 bits per heavy atom. The molecular formula is C19H25N3O4.